The lowest BCUT2D eigenvalue weighted by molar-refractivity contribution is 0.104. The van der Waals surface area contributed by atoms with Crippen LogP contribution in [-0.2, 0) is 31.4 Å². The van der Waals surface area contributed by atoms with Crippen molar-refractivity contribution in [3.8, 4) is 16.8 Å². The smallest absolute Gasteiger partial charge is 0.164 e. The van der Waals surface area contributed by atoms with Crippen LogP contribution in [0, 0.1) is 18.8 Å². The molecule has 0 amide bonds. The van der Waals surface area contributed by atoms with Gasteiger partial charge in [0.05, 0.1) is 24.0 Å². The Kier molecular flexibility index (Phi) is 4.51. The van der Waals surface area contributed by atoms with Gasteiger partial charge in [-0.3, -0.25) is 4.57 Å². The minimum Gasteiger partial charge on any atom is -0.369 e. The molecule has 0 aliphatic carbocycles. The van der Waals surface area contributed by atoms with Crippen LogP contribution in [0.2, 0.25) is 0 Å². The molecule has 29 heavy (non-hydrogen) atoms. The number of aryl methyl sites for hydroxylation is 2. The van der Waals surface area contributed by atoms with Crippen molar-refractivity contribution < 1.29 is 4.74 Å². The van der Waals surface area contributed by atoms with Gasteiger partial charge in [0.2, 0.25) is 0 Å². The number of fused-ring (bicyclic) bond motifs is 3. The van der Waals surface area contributed by atoms with Gasteiger partial charge in [-0.05, 0) is 36.3 Å². The lowest BCUT2D eigenvalue weighted by Gasteiger charge is -2.06. The number of aromatic nitrogens is 5. The number of nitrogens with zero attached hydrogens (tertiary/aromatic N) is 5. The number of imidazole rings is 1. The lowest BCUT2D eigenvalue weighted by atomic mass is 10.0. The third-order valence-corrected chi connectivity index (χ3v) is 6.19. The number of hydrogen-bond donors (Lipinski definition) is 0. The number of hydrogen-bond acceptors (Lipinski definition) is 5. The van der Waals surface area contributed by atoms with E-state index in [1.54, 1.807) is 23.9 Å². The second kappa shape index (κ2) is 7.32. The Balaban J connectivity index is 1.67. The molecule has 3 aromatic heterocycles. The van der Waals surface area contributed by atoms with Gasteiger partial charge in [-0.1, -0.05) is 30.3 Å². The third-order valence-electron chi connectivity index (χ3n) is 5.01. The van der Waals surface area contributed by atoms with E-state index in [0.717, 1.165) is 33.6 Å². The van der Waals surface area contributed by atoms with E-state index in [2.05, 4.69) is 55.9 Å². The highest BCUT2D eigenvalue weighted by molar-refractivity contribution is 7.15. The standard InChI is InChI=1S/C22H19N5OS/c1-15-24-25-21-13-28-12-19-18(10-16-6-4-3-5-7-16)20(29-22(19)27(15)21)9-8-17-11-23-14-26(17)2/h3-7,11,14H,10,12-13H2,1-2H3. The van der Waals surface area contributed by atoms with Crippen molar-refractivity contribution in [2.45, 2.75) is 26.6 Å². The molecular weight excluding hydrogens is 382 g/mol. The molecule has 0 unspecified atom stereocenters. The molecule has 0 fully saturated rings. The predicted octanol–water partition coefficient (Wildman–Crippen LogP) is 3.39. The fraction of sp³-hybridized carbons (Fsp3) is 0.227. The van der Waals surface area contributed by atoms with E-state index in [9.17, 15) is 0 Å². The van der Waals surface area contributed by atoms with Crippen molar-refractivity contribution in [3.05, 3.63) is 81.8 Å². The third kappa shape index (κ3) is 3.27. The molecule has 5 rings (SSSR count). The van der Waals surface area contributed by atoms with Gasteiger partial charge in [-0.25, -0.2) is 4.98 Å². The van der Waals surface area contributed by atoms with E-state index in [-0.39, 0.29) is 0 Å². The van der Waals surface area contributed by atoms with E-state index in [0.29, 0.717) is 13.2 Å². The van der Waals surface area contributed by atoms with Crippen molar-refractivity contribution in [1.82, 2.24) is 24.3 Å². The zero-order valence-electron chi connectivity index (χ0n) is 16.2. The first kappa shape index (κ1) is 17.9. The maximum absolute atomic E-state index is 5.94. The van der Waals surface area contributed by atoms with Crippen LogP contribution in [0.1, 0.15) is 38.9 Å². The molecule has 0 N–H and O–H groups in total. The molecule has 7 heteroatoms. The summed E-state index contributed by atoms with van der Waals surface area (Å²) in [5, 5.41) is 9.65. The molecule has 0 saturated carbocycles. The Labute approximate surface area is 172 Å². The van der Waals surface area contributed by atoms with E-state index >= 15 is 0 Å². The van der Waals surface area contributed by atoms with Crippen LogP contribution in [0.15, 0.2) is 42.9 Å². The van der Waals surface area contributed by atoms with E-state index in [1.807, 2.05) is 24.6 Å². The monoisotopic (exact) mass is 401 g/mol. The Morgan fingerprint density at radius 2 is 2.00 bits per heavy atom. The Hall–Kier alpha value is -3.21. The molecule has 6 nitrogen and oxygen atoms in total. The molecule has 0 saturated heterocycles. The van der Waals surface area contributed by atoms with Crippen LogP contribution in [0.25, 0.3) is 5.00 Å². The van der Waals surface area contributed by atoms with Crippen LogP contribution >= 0.6 is 11.3 Å². The summed E-state index contributed by atoms with van der Waals surface area (Å²) in [5.74, 6) is 8.37. The summed E-state index contributed by atoms with van der Waals surface area (Å²) in [6.45, 7) is 2.98. The van der Waals surface area contributed by atoms with Crippen molar-refractivity contribution in [2.75, 3.05) is 0 Å². The van der Waals surface area contributed by atoms with Crippen LogP contribution < -0.4 is 0 Å². The molecule has 0 atom stereocenters. The number of ether oxygens (including phenoxy) is 1. The maximum atomic E-state index is 5.94. The second-order valence-electron chi connectivity index (χ2n) is 6.99. The van der Waals surface area contributed by atoms with E-state index in [4.69, 9.17) is 4.74 Å². The summed E-state index contributed by atoms with van der Waals surface area (Å²) < 4.78 is 9.98. The normalized spacial score (nSPS) is 12.6. The minimum absolute atomic E-state index is 0.461. The molecule has 4 aromatic rings. The summed E-state index contributed by atoms with van der Waals surface area (Å²) in [7, 11) is 1.95. The lowest BCUT2D eigenvalue weighted by Crippen LogP contribution is -2.00. The fourth-order valence-corrected chi connectivity index (χ4v) is 4.76. The van der Waals surface area contributed by atoms with Crippen molar-refractivity contribution in [1.29, 1.82) is 0 Å². The predicted molar refractivity (Wildman–Crippen MR) is 111 cm³/mol. The first-order valence-corrected chi connectivity index (χ1v) is 10.2. The van der Waals surface area contributed by atoms with Gasteiger partial charge < -0.3 is 9.30 Å². The average Bonchev–Trinajstić information content (AvgIpc) is 3.36. The summed E-state index contributed by atoms with van der Waals surface area (Å²) in [5.41, 5.74) is 4.53. The van der Waals surface area contributed by atoms with Gasteiger partial charge in [-0.15, -0.1) is 21.5 Å². The molecule has 4 heterocycles. The average molecular weight is 401 g/mol. The van der Waals surface area contributed by atoms with Crippen LogP contribution in [0.5, 0.6) is 0 Å². The number of benzene rings is 1. The van der Waals surface area contributed by atoms with Gasteiger partial charge in [0.15, 0.2) is 5.82 Å². The topological polar surface area (TPSA) is 57.8 Å². The maximum Gasteiger partial charge on any atom is 0.164 e. The molecule has 1 aliphatic rings. The Morgan fingerprint density at radius 3 is 2.79 bits per heavy atom. The first-order chi connectivity index (χ1) is 14.2. The summed E-state index contributed by atoms with van der Waals surface area (Å²) >= 11 is 1.68. The zero-order chi connectivity index (χ0) is 19.8. The molecule has 0 bridgehead atoms. The van der Waals surface area contributed by atoms with Crippen molar-refractivity contribution >= 4 is 11.3 Å². The molecule has 144 valence electrons. The van der Waals surface area contributed by atoms with Gasteiger partial charge in [0.25, 0.3) is 0 Å². The fourth-order valence-electron chi connectivity index (χ4n) is 3.51. The van der Waals surface area contributed by atoms with Crippen molar-refractivity contribution in [2.24, 2.45) is 7.05 Å². The SMILES string of the molecule is Cc1nnc2n1-c1sc(C#Cc3cncn3C)c(Cc3ccccc3)c1COC2. The minimum atomic E-state index is 0.461. The van der Waals surface area contributed by atoms with Crippen LogP contribution in [0.4, 0.5) is 0 Å². The van der Waals surface area contributed by atoms with Crippen LogP contribution in [0.3, 0.4) is 0 Å². The van der Waals surface area contributed by atoms with E-state index < -0.39 is 0 Å². The first-order valence-electron chi connectivity index (χ1n) is 9.36. The quantitative estimate of drug-likeness (QED) is 0.483. The number of rotatable bonds is 2. The van der Waals surface area contributed by atoms with Gasteiger partial charge in [-0.2, -0.15) is 0 Å². The Bertz CT molecular complexity index is 1240. The highest BCUT2D eigenvalue weighted by Crippen LogP contribution is 2.36. The highest BCUT2D eigenvalue weighted by Gasteiger charge is 2.25. The molecule has 0 radical (unpaired) electrons. The largest absolute Gasteiger partial charge is 0.369 e. The van der Waals surface area contributed by atoms with Crippen LogP contribution in [-0.4, -0.2) is 24.3 Å². The molecular formula is C22H19N5OS. The summed E-state index contributed by atoms with van der Waals surface area (Å²) in [4.78, 5) is 5.21. The number of thiophene rings is 1. The highest BCUT2D eigenvalue weighted by atomic mass is 32.1. The molecule has 0 spiro atoms. The Morgan fingerprint density at radius 1 is 1.14 bits per heavy atom. The van der Waals surface area contributed by atoms with Gasteiger partial charge >= 0.3 is 0 Å². The zero-order valence-corrected chi connectivity index (χ0v) is 17.0. The van der Waals surface area contributed by atoms with E-state index in [1.165, 1.54) is 16.7 Å². The molecule has 1 aliphatic heterocycles. The summed E-state index contributed by atoms with van der Waals surface area (Å²) in [6.07, 6.45) is 4.36. The van der Waals surface area contributed by atoms with Gasteiger partial charge in [0, 0.05) is 12.6 Å². The molecule has 1 aromatic carbocycles. The summed E-state index contributed by atoms with van der Waals surface area (Å²) in [6, 6.07) is 10.5. The van der Waals surface area contributed by atoms with Gasteiger partial charge in [0.1, 0.15) is 23.1 Å². The second-order valence-corrected chi connectivity index (χ2v) is 7.99. The van der Waals surface area contributed by atoms with Crippen molar-refractivity contribution in [3.63, 3.8) is 0 Å².